The molecule has 0 amide bonds. The van der Waals surface area contributed by atoms with Crippen LogP contribution < -0.4 is 5.73 Å². The molecule has 5 nitrogen and oxygen atoms in total. The third kappa shape index (κ3) is 3.47. The molecule has 3 N–H and O–H groups in total. The molecule has 1 aliphatic heterocycles. The molecule has 1 saturated heterocycles. The second-order valence-corrected chi connectivity index (χ2v) is 6.78. The number of hydrogen-bond acceptors (Lipinski definition) is 3. The van der Waals surface area contributed by atoms with Crippen molar-refractivity contribution in [3.8, 4) is 0 Å². The Kier molecular flexibility index (Phi) is 5.21. The predicted octanol–water partition coefficient (Wildman–Crippen LogP) is 2.64. The molecular weight excluding hydrogens is 302 g/mol. The summed E-state index contributed by atoms with van der Waals surface area (Å²) in [4.78, 5) is 14.0. The Bertz CT molecular complexity index is 730. The van der Waals surface area contributed by atoms with Gasteiger partial charge in [0.05, 0.1) is 5.56 Å². The van der Waals surface area contributed by atoms with E-state index in [9.17, 15) is 9.90 Å². The van der Waals surface area contributed by atoms with Gasteiger partial charge in [0.1, 0.15) is 0 Å². The SMILES string of the molecule is Cc1cc2c(cc1C(=O)O)c(CCN1CCCC1)cn2CCCN. The minimum absolute atomic E-state index is 0.404. The number of aromatic nitrogens is 1. The molecule has 2 aromatic rings. The van der Waals surface area contributed by atoms with Gasteiger partial charge in [-0.3, -0.25) is 0 Å². The Morgan fingerprint density at radius 1 is 1.25 bits per heavy atom. The Morgan fingerprint density at radius 3 is 2.67 bits per heavy atom. The average molecular weight is 329 g/mol. The number of aryl methyl sites for hydroxylation is 2. The Hall–Kier alpha value is -1.85. The number of hydrogen-bond donors (Lipinski definition) is 2. The van der Waals surface area contributed by atoms with Crippen LogP contribution in [-0.4, -0.2) is 46.7 Å². The highest BCUT2D eigenvalue weighted by Crippen LogP contribution is 2.27. The molecule has 3 rings (SSSR count). The molecule has 1 aliphatic rings. The molecule has 0 atom stereocenters. The first-order chi connectivity index (χ1) is 11.6. The second kappa shape index (κ2) is 7.36. The third-order valence-corrected chi connectivity index (χ3v) is 5.04. The molecule has 0 radical (unpaired) electrons. The average Bonchev–Trinajstić information content (AvgIpc) is 3.17. The molecule has 5 heteroatoms. The molecule has 1 aromatic heterocycles. The predicted molar refractivity (Wildman–Crippen MR) is 96.7 cm³/mol. The second-order valence-electron chi connectivity index (χ2n) is 6.78. The van der Waals surface area contributed by atoms with Crippen molar-refractivity contribution in [1.82, 2.24) is 9.47 Å². The van der Waals surface area contributed by atoms with E-state index in [1.807, 2.05) is 19.1 Å². The fourth-order valence-corrected chi connectivity index (χ4v) is 3.68. The van der Waals surface area contributed by atoms with E-state index in [1.165, 1.54) is 31.5 Å². The Morgan fingerprint density at radius 2 is 2.00 bits per heavy atom. The fraction of sp³-hybridized carbons (Fsp3) is 0.526. The van der Waals surface area contributed by atoms with E-state index in [-0.39, 0.29) is 0 Å². The molecule has 24 heavy (non-hydrogen) atoms. The van der Waals surface area contributed by atoms with Crippen molar-refractivity contribution in [3.05, 3.63) is 35.0 Å². The molecule has 0 aliphatic carbocycles. The highest BCUT2D eigenvalue weighted by atomic mass is 16.4. The fourth-order valence-electron chi connectivity index (χ4n) is 3.68. The largest absolute Gasteiger partial charge is 0.478 e. The van der Waals surface area contributed by atoms with Gasteiger partial charge in [-0.2, -0.15) is 0 Å². The minimum atomic E-state index is -0.852. The van der Waals surface area contributed by atoms with Crippen LogP contribution in [0.25, 0.3) is 10.9 Å². The van der Waals surface area contributed by atoms with E-state index in [2.05, 4.69) is 15.7 Å². The van der Waals surface area contributed by atoms with Crippen LogP contribution in [0.15, 0.2) is 18.3 Å². The molecule has 1 aromatic carbocycles. The van der Waals surface area contributed by atoms with E-state index < -0.39 is 5.97 Å². The number of carboxylic acid groups (broad SMARTS) is 1. The highest BCUT2D eigenvalue weighted by Gasteiger charge is 2.16. The van der Waals surface area contributed by atoms with Crippen molar-refractivity contribution >= 4 is 16.9 Å². The van der Waals surface area contributed by atoms with Crippen LogP contribution in [0.3, 0.4) is 0 Å². The first-order valence-corrected chi connectivity index (χ1v) is 8.88. The summed E-state index contributed by atoms with van der Waals surface area (Å²) in [7, 11) is 0. The summed E-state index contributed by atoms with van der Waals surface area (Å²) in [6, 6.07) is 3.86. The van der Waals surface area contributed by atoms with Gasteiger partial charge in [-0.1, -0.05) is 0 Å². The standard InChI is InChI=1S/C19H27N3O2/c1-14-11-18-17(12-16(14)19(23)24)15(13-22(18)9-4-6-20)5-10-21-7-2-3-8-21/h11-13H,2-10,20H2,1H3,(H,23,24). The number of nitrogens with zero attached hydrogens (tertiary/aromatic N) is 2. The van der Waals surface area contributed by atoms with Crippen molar-refractivity contribution in [1.29, 1.82) is 0 Å². The summed E-state index contributed by atoms with van der Waals surface area (Å²) in [5, 5.41) is 10.5. The number of aromatic carboxylic acids is 1. The molecule has 0 unspecified atom stereocenters. The van der Waals surface area contributed by atoms with Gasteiger partial charge in [0.25, 0.3) is 0 Å². The molecule has 0 spiro atoms. The summed E-state index contributed by atoms with van der Waals surface area (Å²) in [5.74, 6) is -0.852. The van der Waals surface area contributed by atoms with Crippen molar-refractivity contribution in [2.75, 3.05) is 26.2 Å². The van der Waals surface area contributed by atoms with E-state index in [0.717, 1.165) is 42.4 Å². The number of benzene rings is 1. The molecule has 2 heterocycles. The number of likely N-dealkylation sites (tertiary alicyclic amines) is 1. The van der Waals surface area contributed by atoms with Crippen molar-refractivity contribution < 1.29 is 9.90 Å². The van der Waals surface area contributed by atoms with E-state index >= 15 is 0 Å². The van der Waals surface area contributed by atoms with Crippen molar-refractivity contribution in [3.63, 3.8) is 0 Å². The van der Waals surface area contributed by atoms with Gasteiger partial charge in [0, 0.05) is 30.2 Å². The number of carbonyl (C=O) groups is 1. The molecule has 1 fully saturated rings. The van der Waals surface area contributed by atoms with Gasteiger partial charge in [0.2, 0.25) is 0 Å². The van der Waals surface area contributed by atoms with Crippen molar-refractivity contribution in [2.45, 2.75) is 39.2 Å². The lowest BCUT2D eigenvalue weighted by molar-refractivity contribution is 0.0696. The van der Waals surface area contributed by atoms with Crippen LogP contribution in [0, 0.1) is 6.92 Å². The molecule has 0 saturated carbocycles. The molecule has 0 bridgehead atoms. The summed E-state index contributed by atoms with van der Waals surface area (Å²) in [6.07, 6.45) is 6.67. The van der Waals surface area contributed by atoms with Gasteiger partial charge in [-0.25, -0.2) is 4.79 Å². The monoisotopic (exact) mass is 329 g/mol. The van der Waals surface area contributed by atoms with Crippen LogP contribution in [0.4, 0.5) is 0 Å². The maximum atomic E-state index is 11.5. The zero-order valence-corrected chi connectivity index (χ0v) is 14.4. The van der Waals surface area contributed by atoms with Gasteiger partial charge in [-0.15, -0.1) is 0 Å². The van der Waals surface area contributed by atoms with Crippen molar-refractivity contribution in [2.24, 2.45) is 5.73 Å². The normalized spacial score (nSPS) is 15.4. The number of carboxylic acids is 1. The number of rotatable bonds is 7. The van der Waals surface area contributed by atoms with E-state index in [4.69, 9.17) is 5.73 Å². The molecule has 130 valence electrons. The summed E-state index contributed by atoms with van der Waals surface area (Å²) in [6.45, 7) is 6.83. The van der Waals surface area contributed by atoms with Crippen LogP contribution >= 0.6 is 0 Å². The lowest BCUT2D eigenvalue weighted by atomic mass is 10.0. The van der Waals surface area contributed by atoms with Gasteiger partial charge in [0.15, 0.2) is 0 Å². The van der Waals surface area contributed by atoms with Crippen LogP contribution in [0.2, 0.25) is 0 Å². The van der Waals surface area contributed by atoms with Crippen LogP contribution in [-0.2, 0) is 13.0 Å². The zero-order chi connectivity index (χ0) is 17.1. The zero-order valence-electron chi connectivity index (χ0n) is 14.4. The quantitative estimate of drug-likeness (QED) is 0.819. The van der Waals surface area contributed by atoms with Gasteiger partial charge >= 0.3 is 5.97 Å². The smallest absolute Gasteiger partial charge is 0.335 e. The third-order valence-electron chi connectivity index (χ3n) is 5.04. The lowest BCUT2D eigenvalue weighted by Gasteiger charge is -2.13. The number of nitrogens with two attached hydrogens (primary N) is 1. The van der Waals surface area contributed by atoms with Crippen LogP contribution in [0.5, 0.6) is 0 Å². The van der Waals surface area contributed by atoms with Crippen LogP contribution in [0.1, 0.15) is 40.7 Å². The summed E-state index contributed by atoms with van der Waals surface area (Å²) in [5.41, 5.74) is 9.26. The lowest BCUT2D eigenvalue weighted by Crippen LogP contribution is -2.21. The maximum Gasteiger partial charge on any atom is 0.335 e. The number of fused-ring (bicyclic) bond motifs is 1. The Balaban J connectivity index is 1.95. The first-order valence-electron chi connectivity index (χ1n) is 8.88. The Labute approximate surface area is 143 Å². The first kappa shape index (κ1) is 17.0. The highest BCUT2D eigenvalue weighted by molar-refractivity contribution is 5.96. The topological polar surface area (TPSA) is 71.5 Å². The summed E-state index contributed by atoms with van der Waals surface area (Å²) >= 11 is 0. The minimum Gasteiger partial charge on any atom is -0.478 e. The van der Waals surface area contributed by atoms with Gasteiger partial charge in [-0.05, 0) is 75.5 Å². The van der Waals surface area contributed by atoms with E-state index in [0.29, 0.717) is 12.1 Å². The molecular formula is C19H27N3O2. The summed E-state index contributed by atoms with van der Waals surface area (Å²) < 4.78 is 2.24. The van der Waals surface area contributed by atoms with Gasteiger partial charge < -0.3 is 20.3 Å². The van der Waals surface area contributed by atoms with E-state index in [1.54, 1.807) is 0 Å². The maximum absolute atomic E-state index is 11.5.